The van der Waals surface area contributed by atoms with E-state index in [0.29, 0.717) is 22.8 Å². The van der Waals surface area contributed by atoms with Gasteiger partial charge >= 0.3 is 0 Å². The van der Waals surface area contributed by atoms with Crippen molar-refractivity contribution in [3.8, 4) is 11.3 Å². The Balaban J connectivity index is 1.64. The summed E-state index contributed by atoms with van der Waals surface area (Å²) < 4.78 is 14.5. The lowest BCUT2D eigenvalue weighted by Gasteiger charge is -2.33. The second-order valence-corrected chi connectivity index (χ2v) is 8.32. The summed E-state index contributed by atoms with van der Waals surface area (Å²) in [5.74, 6) is -0.995. The molecule has 1 amide bonds. The zero-order valence-electron chi connectivity index (χ0n) is 17.6. The normalized spacial score (nSPS) is 16.1. The van der Waals surface area contributed by atoms with Crippen LogP contribution in [0.3, 0.4) is 0 Å². The Morgan fingerprint density at radius 3 is 2.91 bits per heavy atom. The number of nitrogens with one attached hydrogen (secondary N) is 1. The van der Waals surface area contributed by atoms with E-state index in [4.69, 9.17) is 23.1 Å². The Morgan fingerprint density at radius 1 is 1.31 bits per heavy atom. The third-order valence-electron chi connectivity index (χ3n) is 5.51. The quantitative estimate of drug-likeness (QED) is 0.549. The second-order valence-electron chi connectivity index (χ2n) is 7.91. The molecule has 1 atom stereocenters. The molecule has 1 unspecified atom stereocenters. The smallest absolute Gasteiger partial charge is 0.276 e. The number of hydrogen-bond acceptors (Lipinski definition) is 6. The van der Waals surface area contributed by atoms with Crippen molar-refractivity contribution >= 4 is 34.6 Å². The van der Waals surface area contributed by atoms with E-state index in [1.807, 2.05) is 6.07 Å². The molecule has 1 aromatic carbocycles. The monoisotopic (exact) mass is 454 g/mol. The van der Waals surface area contributed by atoms with Gasteiger partial charge in [0.05, 0.1) is 29.0 Å². The average molecular weight is 455 g/mol. The van der Waals surface area contributed by atoms with Crippen molar-refractivity contribution in [1.82, 2.24) is 9.97 Å². The SMILES string of the molecule is Cc1cc(F)c(-c2ccc(N)c(C(=O)Nc3cnccc3N3CCCC(N)C3)n2)cc1Cl. The van der Waals surface area contributed by atoms with Crippen LogP contribution in [0.1, 0.15) is 28.9 Å². The molecule has 1 aliphatic heterocycles. The van der Waals surface area contributed by atoms with Gasteiger partial charge in [0.1, 0.15) is 5.82 Å². The summed E-state index contributed by atoms with van der Waals surface area (Å²) >= 11 is 6.16. The third kappa shape index (κ3) is 4.51. The third-order valence-corrected chi connectivity index (χ3v) is 5.92. The molecule has 166 valence electrons. The van der Waals surface area contributed by atoms with Crippen LogP contribution in [-0.2, 0) is 0 Å². The molecule has 4 rings (SSSR count). The van der Waals surface area contributed by atoms with Crippen LogP contribution in [0.25, 0.3) is 11.3 Å². The molecule has 32 heavy (non-hydrogen) atoms. The molecule has 7 nitrogen and oxygen atoms in total. The molecule has 0 radical (unpaired) electrons. The minimum Gasteiger partial charge on any atom is -0.397 e. The van der Waals surface area contributed by atoms with Gasteiger partial charge in [0, 0.05) is 35.9 Å². The van der Waals surface area contributed by atoms with Crippen LogP contribution in [0.15, 0.2) is 42.7 Å². The number of rotatable bonds is 4. The number of hydrogen-bond donors (Lipinski definition) is 3. The highest BCUT2D eigenvalue weighted by atomic mass is 35.5. The van der Waals surface area contributed by atoms with Gasteiger partial charge in [0.2, 0.25) is 0 Å². The number of halogens is 2. The Morgan fingerprint density at radius 2 is 2.12 bits per heavy atom. The van der Waals surface area contributed by atoms with E-state index in [-0.39, 0.29) is 28.7 Å². The summed E-state index contributed by atoms with van der Waals surface area (Å²) in [6.07, 6.45) is 5.18. The van der Waals surface area contributed by atoms with Crippen LogP contribution in [0, 0.1) is 12.7 Å². The molecule has 1 saturated heterocycles. The zero-order chi connectivity index (χ0) is 22.8. The van der Waals surface area contributed by atoms with E-state index in [0.717, 1.165) is 25.1 Å². The minimum absolute atomic E-state index is 0.0104. The van der Waals surface area contributed by atoms with Crippen LogP contribution < -0.4 is 21.7 Å². The number of carbonyl (C=O) groups is 1. The first-order valence-corrected chi connectivity index (χ1v) is 10.7. The van der Waals surface area contributed by atoms with Crippen molar-refractivity contribution in [3.63, 3.8) is 0 Å². The molecule has 2 aromatic heterocycles. The largest absolute Gasteiger partial charge is 0.397 e. The van der Waals surface area contributed by atoms with Crippen LogP contribution >= 0.6 is 11.6 Å². The van der Waals surface area contributed by atoms with Crippen molar-refractivity contribution < 1.29 is 9.18 Å². The first kappa shape index (κ1) is 22.0. The van der Waals surface area contributed by atoms with Gasteiger partial charge in [-0.15, -0.1) is 0 Å². The first-order valence-electron chi connectivity index (χ1n) is 10.3. The van der Waals surface area contributed by atoms with E-state index < -0.39 is 11.7 Å². The molecule has 3 heterocycles. The van der Waals surface area contributed by atoms with Gasteiger partial charge in [0.25, 0.3) is 5.91 Å². The fourth-order valence-electron chi connectivity index (χ4n) is 3.81. The maximum Gasteiger partial charge on any atom is 0.276 e. The first-order chi connectivity index (χ1) is 15.3. The zero-order valence-corrected chi connectivity index (χ0v) is 18.4. The van der Waals surface area contributed by atoms with Gasteiger partial charge in [-0.1, -0.05) is 11.6 Å². The second kappa shape index (κ2) is 9.10. The number of pyridine rings is 2. The van der Waals surface area contributed by atoms with Crippen molar-refractivity contribution in [3.05, 3.63) is 64.8 Å². The number of carbonyl (C=O) groups excluding carboxylic acids is 1. The molecular formula is C23H24ClFN6O. The van der Waals surface area contributed by atoms with E-state index >= 15 is 0 Å². The van der Waals surface area contributed by atoms with E-state index in [1.54, 1.807) is 25.4 Å². The number of nitrogens with zero attached hydrogens (tertiary/aromatic N) is 3. The number of nitrogens with two attached hydrogens (primary N) is 2. The Hall–Kier alpha value is -3.23. The lowest BCUT2D eigenvalue weighted by molar-refractivity contribution is 0.102. The standard InChI is InChI=1S/C23H24ClFN6O/c1-13-9-17(25)15(10-16(13)24)19-5-4-18(27)22(29-19)23(32)30-20-11-28-7-6-21(20)31-8-2-3-14(26)12-31/h4-7,9-11,14H,2-3,8,12,26-27H2,1H3,(H,30,32). The summed E-state index contributed by atoms with van der Waals surface area (Å²) in [7, 11) is 0. The maximum atomic E-state index is 14.5. The van der Waals surface area contributed by atoms with E-state index in [2.05, 4.69) is 20.2 Å². The van der Waals surface area contributed by atoms with E-state index in [9.17, 15) is 9.18 Å². The van der Waals surface area contributed by atoms with Gasteiger partial charge in [-0.05, 0) is 55.7 Å². The van der Waals surface area contributed by atoms with Crippen molar-refractivity contribution in [2.75, 3.05) is 29.0 Å². The van der Waals surface area contributed by atoms with Crippen LogP contribution in [0.2, 0.25) is 5.02 Å². The summed E-state index contributed by atoms with van der Waals surface area (Å²) in [6.45, 7) is 3.24. The highest BCUT2D eigenvalue weighted by Crippen LogP contribution is 2.30. The highest BCUT2D eigenvalue weighted by molar-refractivity contribution is 6.31. The molecule has 0 spiro atoms. The lowest BCUT2D eigenvalue weighted by atomic mass is 10.1. The fourth-order valence-corrected chi connectivity index (χ4v) is 3.98. The molecule has 3 aromatic rings. The Bertz CT molecular complexity index is 1170. The van der Waals surface area contributed by atoms with Crippen molar-refractivity contribution in [2.45, 2.75) is 25.8 Å². The highest BCUT2D eigenvalue weighted by Gasteiger charge is 2.22. The molecule has 0 bridgehead atoms. The van der Waals surface area contributed by atoms with Gasteiger partial charge in [0.15, 0.2) is 5.69 Å². The number of amides is 1. The molecule has 5 N–H and O–H groups in total. The number of anilines is 3. The Labute approximate surface area is 190 Å². The molecule has 1 fully saturated rings. The van der Waals surface area contributed by atoms with E-state index in [1.165, 1.54) is 18.2 Å². The number of piperidine rings is 1. The average Bonchev–Trinajstić information content (AvgIpc) is 2.77. The van der Waals surface area contributed by atoms with Gasteiger partial charge in [-0.25, -0.2) is 9.37 Å². The number of aryl methyl sites for hydroxylation is 1. The number of nitrogen functional groups attached to an aromatic ring is 1. The van der Waals surface area contributed by atoms with Gasteiger partial charge in [-0.2, -0.15) is 0 Å². The van der Waals surface area contributed by atoms with Crippen molar-refractivity contribution in [1.29, 1.82) is 0 Å². The van der Waals surface area contributed by atoms with Crippen molar-refractivity contribution in [2.24, 2.45) is 5.73 Å². The lowest BCUT2D eigenvalue weighted by Crippen LogP contribution is -2.43. The Kier molecular flexibility index (Phi) is 6.25. The van der Waals surface area contributed by atoms with Gasteiger partial charge in [-0.3, -0.25) is 9.78 Å². The summed E-state index contributed by atoms with van der Waals surface area (Å²) in [5, 5.41) is 3.26. The van der Waals surface area contributed by atoms with Gasteiger partial charge < -0.3 is 21.7 Å². The molecule has 0 aliphatic carbocycles. The van der Waals surface area contributed by atoms with Crippen LogP contribution in [0.4, 0.5) is 21.5 Å². The fraction of sp³-hybridized carbons (Fsp3) is 0.261. The topological polar surface area (TPSA) is 110 Å². The number of aromatic nitrogens is 2. The molecular weight excluding hydrogens is 431 g/mol. The van der Waals surface area contributed by atoms with Crippen LogP contribution in [-0.4, -0.2) is 35.0 Å². The molecule has 1 aliphatic rings. The minimum atomic E-state index is -0.515. The summed E-state index contributed by atoms with van der Waals surface area (Å²) in [4.78, 5) is 23.7. The maximum absolute atomic E-state index is 14.5. The summed E-state index contributed by atoms with van der Waals surface area (Å²) in [6, 6.07) is 7.82. The molecule has 0 saturated carbocycles. The predicted octanol–water partition coefficient (Wildman–Crippen LogP) is 4.01. The number of benzene rings is 1. The molecule has 9 heteroatoms. The predicted molar refractivity (Wildman–Crippen MR) is 125 cm³/mol. The van der Waals surface area contributed by atoms with Crippen LogP contribution in [0.5, 0.6) is 0 Å². The summed E-state index contributed by atoms with van der Waals surface area (Å²) in [5.41, 5.74) is 14.7.